The van der Waals surface area contributed by atoms with E-state index in [-0.39, 0.29) is 16.9 Å². The van der Waals surface area contributed by atoms with Crippen LogP contribution in [-0.2, 0) is 4.74 Å². The van der Waals surface area contributed by atoms with Gasteiger partial charge in [-0.3, -0.25) is 0 Å². The number of rotatable bonds is 1. The van der Waals surface area contributed by atoms with Crippen LogP contribution in [0, 0.1) is 16.7 Å². The summed E-state index contributed by atoms with van der Waals surface area (Å²) in [6, 6.07) is 0. The van der Waals surface area contributed by atoms with Crippen LogP contribution < -0.4 is 5.73 Å². The minimum atomic E-state index is -0.625. The van der Waals surface area contributed by atoms with Crippen LogP contribution in [0.5, 0.6) is 0 Å². The number of carbonyl (C=O) groups excluding carboxylic acids is 1. The number of hydrogen-bond donors (Lipinski definition) is 1. The molecule has 0 aliphatic heterocycles. The van der Waals surface area contributed by atoms with Gasteiger partial charge < -0.3 is 10.5 Å². The van der Waals surface area contributed by atoms with Gasteiger partial charge in [-0.15, -0.1) is 0 Å². The molecule has 2 aliphatic carbocycles. The maximum atomic E-state index is 10.8. The second-order valence-electron chi connectivity index (χ2n) is 5.54. The Morgan fingerprint density at radius 2 is 2.07 bits per heavy atom. The van der Waals surface area contributed by atoms with Crippen molar-refractivity contribution >= 4 is 6.09 Å². The second-order valence-corrected chi connectivity index (χ2v) is 5.54. The minimum Gasteiger partial charge on any atom is -0.446 e. The average molecular weight is 197 g/mol. The molecule has 2 aliphatic rings. The lowest BCUT2D eigenvalue weighted by atomic mass is 9.70. The number of nitrogens with two attached hydrogens (primary N) is 1. The molecular formula is C11H19NO2. The third-order valence-electron chi connectivity index (χ3n) is 4.97. The van der Waals surface area contributed by atoms with E-state index in [1.807, 2.05) is 0 Å². The van der Waals surface area contributed by atoms with Crippen molar-refractivity contribution in [1.29, 1.82) is 0 Å². The van der Waals surface area contributed by atoms with Crippen molar-refractivity contribution in [3.05, 3.63) is 0 Å². The van der Waals surface area contributed by atoms with Gasteiger partial charge in [0.05, 0.1) is 0 Å². The predicted octanol–water partition coefficient (Wildman–Crippen LogP) is 2.30. The molecule has 3 heteroatoms. The van der Waals surface area contributed by atoms with E-state index >= 15 is 0 Å². The van der Waals surface area contributed by atoms with Crippen LogP contribution in [0.4, 0.5) is 4.79 Å². The van der Waals surface area contributed by atoms with Crippen LogP contribution >= 0.6 is 0 Å². The molecule has 3 atom stereocenters. The van der Waals surface area contributed by atoms with E-state index in [4.69, 9.17) is 10.5 Å². The van der Waals surface area contributed by atoms with Gasteiger partial charge in [0.1, 0.15) is 6.10 Å². The van der Waals surface area contributed by atoms with Crippen LogP contribution in [0.2, 0.25) is 0 Å². The van der Waals surface area contributed by atoms with Crippen LogP contribution in [0.3, 0.4) is 0 Å². The summed E-state index contributed by atoms with van der Waals surface area (Å²) in [6.07, 6.45) is 2.82. The molecule has 14 heavy (non-hydrogen) atoms. The summed E-state index contributed by atoms with van der Waals surface area (Å²) in [5.74, 6) is 0.692. The number of primary amides is 1. The average Bonchev–Trinajstić information content (AvgIpc) is 2.35. The van der Waals surface area contributed by atoms with Crippen LogP contribution in [-0.4, -0.2) is 12.2 Å². The van der Waals surface area contributed by atoms with Gasteiger partial charge in [0, 0.05) is 5.41 Å². The fourth-order valence-electron chi connectivity index (χ4n) is 3.45. The molecule has 2 N–H and O–H groups in total. The fourth-order valence-corrected chi connectivity index (χ4v) is 3.45. The van der Waals surface area contributed by atoms with E-state index < -0.39 is 6.09 Å². The Morgan fingerprint density at radius 1 is 1.43 bits per heavy atom. The molecule has 2 saturated carbocycles. The monoisotopic (exact) mass is 197 g/mol. The Kier molecular flexibility index (Phi) is 1.85. The second kappa shape index (κ2) is 2.65. The molecule has 0 spiro atoms. The van der Waals surface area contributed by atoms with Crippen molar-refractivity contribution in [2.24, 2.45) is 22.5 Å². The first kappa shape index (κ1) is 9.81. The molecule has 3 nitrogen and oxygen atoms in total. The molecule has 0 heterocycles. The first-order chi connectivity index (χ1) is 6.38. The van der Waals surface area contributed by atoms with Crippen molar-refractivity contribution in [2.75, 3.05) is 0 Å². The molecule has 80 valence electrons. The first-order valence-corrected chi connectivity index (χ1v) is 5.34. The summed E-state index contributed by atoms with van der Waals surface area (Å²) in [6.45, 7) is 6.80. The minimum absolute atomic E-state index is 0.0359. The molecule has 2 fully saturated rings. The smallest absolute Gasteiger partial charge is 0.404 e. The van der Waals surface area contributed by atoms with Gasteiger partial charge in [0.25, 0.3) is 0 Å². The van der Waals surface area contributed by atoms with Gasteiger partial charge in [0.2, 0.25) is 0 Å². The Labute approximate surface area is 85.0 Å². The third kappa shape index (κ3) is 1.01. The highest BCUT2D eigenvalue weighted by molar-refractivity contribution is 5.65. The number of ether oxygens (including phenoxy) is 1. The normalized spacial score (nSPS) is 43.9. The van der Waals surface area contributed by atoms with E-state index in [1.54, 1.807) is 0 Å². The summed E-state index contributed by atoms with van der Waals surface area (Å²) in [5, 5.41) is 0. The van der Waals surface area contributed by atoms with Gasteiger partial charge in [-0.2, -0.15) is 0 Å². The zero-order valence-corrected chi connectivity index (χ0v) is 9.17. The fraction of sp³-hybridized carbons (Fsp3) is 0.909. The standard InChI is InChI=1S/C11H19NO2/c1-10(2)7-4-5-11(10,3)8(6-7)14-9(12)13/h7-8H,4-6H2,1-3H3,(H2,12,13)/t7-,8+,11+/m1/s1. The molecular weight excluding hydrogens is 178 g/mol. The van der Waals surface area contributed by atoms with E-state index in [2.05, 4.69) is 20.8 Å². The number of fused-ring (bicyclic) bond motifs is 2. The summed E-state index contributed by atoms with van der Waals surface area (Å²) in [5.41, 5.74) is 5.51. The summed E-state index contributed by atoms with van der Waals surface area (Å²) in [4.78, 5) is 10.8. The van der Waals surface area contributed by atoms with Crippen molar-refractivity contribution in [2.45, 2.75) is 46.1 Å². The van der Waals surface area contributed by atoms with Crippen LogP contribution in [0.15, 0.2) is 0 Å². The van der Waals surface area contributed by atoms with Crippen molar-refractivity contribution < 1.29 is 9.53 Å². The van der Waals surface area contributed by atoms with Gasteiger partial charge in [-0.1, -0.05) is 20.8 Å². The summed E-state index contributed by atoms with van der Waals surface area (Å²) < 4.78 is 5.22. The molecule has 0 aromatic carbocycles. The lowest BCUT2D eigenvalue weighted by Gasteiger charge is -2.38. The van der Waals surface area contributed by atoms with Gasteiger partial charge in [-0.25, -0.2) is 4.79 Å². The van der Waals surface area contributed by atoms with Gasteiger partial charge >= 0.3 is 6.09 Å². The lowest BCUT2D eigenvalue weighted by molar-refractivity contribution is -0.000432. The van der Waals surface area contributed by atoms with Crippen molar-refractivity contribution in [3.8, 4) is 0 Å². The Hall–Kier alpha value is -0.730. The molecule has 0 saturated heterocycles. The lowest BCUT2D eigenvalue weighted by Crippen LogP contribution is -2.39. The SMILES string of the molecule is CC1(C)[C@@H]2CC[C@@]1(C)[C@@H](OC(N)=O)C2. The van der Waals surface area contributed by atoms with Crippen molar-refractivity contribution in [3.63, 3.8) is 0 Å². The number of hydrogen-bond acceptors (Lipinski definition) is 2. The Morgan fingerprint density at radius 3 is 2.43 bits per heavy atom. The summed E-state index contributed by atoms with van der Waals surface area (Å²) in [7, 11) is 0. The molecule has 2 rings (SSSR count). The largest absolute Gasteiger partial charge is 0.446 e. The molecule has 1 amide bonds. The number of amides is 1. The number of carbonyl (C=O) groups is 1. The highest BCUT2D eigenvalue weighted by atomic mass is 16.6. The maximum Gasteiger partial charge on any atom is 0.404 e. The predicted molar refractivity (Wildman–Crippen MR) is 53.7 cm³/mol. The van der Waals surface area contributed by atoms with Crippen LogP contribution in [0.25, 0.3) is 0 Å². The quantitative estimate of drug-likeness (QED) is 0.701. The molecule has 0 aromatic heterocycles. The van der Waals surface area contributed by atoms with E-state index in [1.165, 1.54) is 6.42 Å². The molecule has 0 unspecified atom stereocenters. The van der Waals surface area contributed by atoms with Gasteiger partial charge in [-0.05, 0) is 30.6 Å². The zero-order chi connectivity index (χ0) is 10.6. The third-order valence-corrected chi connectivity index (χ3v) is 4.97. The Balaban J connectivity index is 2.23. The van der Waals surface area contributed by atoms with E-state index in [0.717, 1.165) is 12.8 Å². The molecule has 0 radical (unpaired) electrons. The maximum absolute atomic E-state index is 10.8. The highest BCUT2D eigenvalue weighted by Gasteiger charge is 2.62. The Bertz CT molecular complexity index is 274. The molecule has 2 bridgehead atoms. The van der Waals surface area contributed by atoms with E-state index in [9.17, 15) is 4.79 Å². The van der Waals surface area contributed by atoms with E-state index in [0.29, 0.717) is 5.92 Å². The summed E-state index contributed by atoms with van der Waals surface area (Å²) >= 11 is 0. The highest BCUT2D eigenvalue weighted by Crippen LogP contribution is 2.66. The topological polar surface area (TPSA) is 52.3 Å². The molecule has 0 aromatic rings. The van der Waals surface area contributed by atoms with Gasteiger partial charge in [0.15, 0.2) is 0 Å². The first-order valence-electron chi connectivity index (χ1n) is 5.34. The van der Waals surface area contributed by atoms with Crippen LogP contribution in [0.1, 0.15) is 40.0 Å². The zero-order valence-electron chi connectivity index (χ0n) is 9.17. The van der Waals surface area contributed by atoms with Crippen molar-refractivity contribution in [1.82, 2.24) is 0 Å².